The van der Waals surface area contributed by atoms with E-state index in [0.29, 0.717) is 0 Å². The van der Waals surface area contributed by atoms with Gasteiger partial charge < -0.3 is 5.11 Å². The van der Waals surface area contributed by atoms with E-state index in [1.807, 2.05) is 0 Å². The van der Waals surface area contributed by atoms with Crippen molar-refractivity contribution in [2.75, 3.05) is 0 Å². The number of carboxylic acids is 1. The van der Waals surface area contributed by atoms with Crippen LogP contribution in [0.1, 0.15) is 6.42 Å². The normalized spacial score (nSPS) is 12.7. The van der Waals surface area contributed by atoms with Crippen LogP contribution < -0.4 is 0 Å². The average Bonchev–Trinajstić information content (AvgIpc) is 1.63. The van der Waals surface area contributed by atoms with Crippen LogP contribution in [-0.2, 0) is 9.59 Å². The smallest absolute Gasteiger partial charge is 0.306 e. The van der Waals surface area contributed by atoms with Crippen molar-refractivity contribution in [1.82, 2.24) is 0 Å². The van der Waals surface area contributed by atoms with Crippen LogP contribution in [0.5, 0.6) is 0 Å². The van der Waals surface area contributed by atoms with Gasteiger partial charge in [-0.2, -0.15) is 0 Å². The SMILES string of the molecule is O=C(O)C[C@@H](F)C(=O)Cl. The summed E-state index contributed by atoms with van der Waals surface area (Å²) in [4.78, 5) is 19.5. The standard InChI is InChI=1S/C4H4ClFO3/c5-4(9)2(6)1-3(7)8/h2H,1H2,(H,7,8)/t2-/m1/s1. The van der Waals surface area contributed by atoms with Crippen molar-refractivity contribution in [3.05, 3.63) is 0 Å². The van der Waals surface area contributed by atoms with Crippen molar-refractivity contribution in [3.63, 3.8) is 0 Å². The van der Waals surface area contributed by atoms with Crippen LogP contribution in [0.3, 0.4) is 0 Å². The summed E-state index contributed by atoms with van der Waals surface area (Å²) in [6.07, 6.45) is -2.94. The van der Waals surface area contributed by atoms with E-state index in [4.69, 9.17) is 5.11 Å². The number of carboxylic acid groups (broad SMARTS) is 1. The maximum absolute atomic E-state index is 11.9. The molecule has 0 aromatic carbocycles. The van der Waals surface area contributed by atoms with Gasteiger partial charge in [-0.25, -0.2) is 4.39 Å². The lowest BCUT2D eigenvalue weighted by Crippen LogP contribution is -2.14. The van der Waals surface area contributed by atoms with E-state index in [0.717, 1.165) is 0 Å². The number of halogens is 2. The molecule has 0 aromatic heterocycles. The highest BCUT2D eigenvalue weighted by molar-refractivity contribution is 6.64. The highest BCUT2D eigenvalue weighted by Crippen LogP contribution is 2.01. The molecule has 0 unspecified atom stereocenters. The van der Waals surface area contributed by atoms with E-state index in [1.54, 1.807) is 0 Å². The maximum Gasteiger partial charge on any atom is 0.306 e. The molecule has 0 fully saturated rings. The molecule has 0 radical (unpaired) electrons. The predicted molar refractivity (Wildman–Crippen MR) is 28.0 cm³/mol. The molecule has 0 saturated heterocycles. The summed E-state index contributed by atoms with van der Waals surface area (Å²) in [5, 5.41) is 6.62. The summed E-state index contributed by atoms with van der Waals surface area (Å²) < 4.78 is 11.9. The topological polar surface area (TPSA) is 54.4 Å². The van der Waals surface area contributed by atoms with Gasteiger partial charge >= 0.3 is 5.97 Å². The largest absolute Gasteiger partial charge is 0.481 e. The van der Waals surface area contributed by atoms with Gasteiger partial charge in [0, 0.05) is 0 Å². The molecule has 0 rings (SSSR count). The second kappa shape index (κ2) is 3.40. The minimum Gasteiger partial charge on any atom is -0.481 e. The molecule has 0 saturated carbocycles. The molecule has 3 nitrogen and oxygen atoms in total. The average molecular weight is 155 g/mol. The molecule has 0 bridgehead atoms. The second-order valence-electron chi connectivity index (χ2n) is 1.37. The molecule has 1 atom stereocenters. The van der Waals surface area contributed by atoms with E-state index in [2.05, 4.69) is 11.6 Å². The number of rotatable bonds is 3. The van der Waals surface area contributed by atoms with Gasteiger partial charge in [0.2, 0.25) is 0 Å². The molecular weight excluding hydrogens is 150 g/mol. The van der Waals surface area contributed by atoms with Gasteiger partial charge in [-0.3, -0.25) is 9.59 Å². The van der Waals surface area contributed by atoms with Gasteiger partial charge in [0.25, 0.3) is 5.24 Å². The van der Waals surface area contributed by atoms with Crippen LogP contribution in [0, 0.1) is 0 Å². The Kier molecular flexibility index (Phi) is 3.16. The van der Waals surface area contributed by atoms with E-state index in [9.17, 15) is 14.0 Å². The molecule has 0 amide bonds. The van der Waals surface area contributed by atoms with Crippen LogP contribution in [0.15, 0.2) is 0 Å². The van der Waals surface area contributed by atoms with E-state index >= 15 is 0 Å². The minimum absolute atomic E-state index is 0.859. The summed E-state index contributed by atoms with van der Waals surface area (Å²) in [7, 11) is 0. The summed E-state index contributed by atoms with van der Waals surface area (Å²) in [6, 6.07) is 0. The Morgan fingerprint density at radius 3 is 2.22 bits per heavy atom. The highest BCUT2D eigenvalue weighted by atomic mass is 35.5. The molecule has 0 aliphatic heterocycles. The van der Waals surface area contributed by atoms with E-state index in [-0.39, 0.29) is 0 Å². The Bertz CT molecular complexity index is 136. The number of carbonyl (C=O) groups excluding carboxylic acids is 1. The lowest BCUT2D eigenvalue weighted by molar-refractivity contribution is -0.139. The van der Waals surface area contributed by atoms with Crippen LogP contribution in [-0.4, -0.2) is 22.5 Å². The zero-order valence-corrected chi connectivity index (χ0v) is 5.06. The zero-order chi connectivity index (χ0) is 7.44. The van der Waals surface area contributed by atoms with Crippen molar-refractivity contribution in [2.45, 2.75) is 12.6 Å². The Morgan fingerprint density at radius 1 is 1.67 bits per heavy atom. The van der Waals surface area contributed by atoms with Gasteiger partial charge in [-0.15, -0.1) is 0 Å². The number of hydrogen-bond acceptors (Lipinski definition) is 2. The lowest BCUT2D eigenvalue weighted by atomic mass is 10.3. The van der Waals surface area contributed by atoms with Gasteiger partial charge in [0.05, 0.1) is 6.42 Å². The number of carbonyl (C=O) groups is 2. The van der Waals surface area contributed by atoms with E-state index in [1.165, 1.54) is 0 Å². The molecule has 0 aliphatic rings. The third kappa shape index (κ3) is 3.90. The van der Waals surface area contributed by atoms with Crippen LogP contribution in [0.25, 0.3) is 0 Å². The lowest BCUT2D eigenvalue weighted by Gasteiger charge is -1.94. The number of hydrogen-bond donors (Lipinski definition) is 1. The summed E-state index contributed by atoms with van der Waals surface area (Å²) in [6.45, 7) is 0. The molecule has 0 aliphatic carbocycles. The summed E-state index contributed by atoms with van der Waals surface area (Å²) >= 11 is 4.60. The Labute approximate surface area is 55.4 Å². The number of alkyl halides is 1. The predicted octanol–water partition coefficient (Wildman–Crippen LogP) is 0.565. The maximum atomic E-state index is 11.9. The molecule has 0 aromatic rings. The quantitative estimate of drug-likeness (QED) is 0.605. The zero-order valence-electron chi connectivity index (χ0n) is 4.30. The summed E-state index contributed by atoms with van der Waals surface area (Å²) in [5.74, 6) is -1.38. The van der Waals surface area contributed by atoms with Crippen molar-refractivity contribution in [2.24, 2.45) is 0 Å². The first-order valence-corrected chi connectivity index (χ1v) is 2.47. The molecule has 1 N–H and O–H groups in total. The monoisotopic (exact) mass is 154 g/mol. The number of aliphatic carboxylic acids is 1. The first-order valence-electron chi connectivity index (χ1n) is 2.09. The molecule has 52 valence electrons. The molecular formula is C4H4ClFO3. The fourth-order valence-corrected chi connectivity index (χ4v) is 0.311. The van der Waals surface area contributed by atoms with Gasteiger partial charge in [0.15, 0.2) is 6.17 Å². The van der Waals surface area contributed by atoms with Crippen molar-refractivity contribution < 1.29 is 19.1 Å². The highest BCUT2D eigenvalue weighted by Gasteiger charge is 2.17. The third-order valence-corrected chi connectivity index (χ3v) is 0.837. The Morgan fingerprint density at radius 2 is 2.11 bits per heavy atom. The van der Waals surface area contributed by atoms with E-state index < -0.39 is 23.8 Å². The third-order valence-electron chi connectivity index (χ3n) is 0.600. The fraction of sp³-hybridized carbons (Fsp3) is 0.500. The first-order chi connectivity index (χ1) is 4.04. The molecule has 5 heteroatoms. The fourth-order valence-electron chi connectivity index (χ4n) is 0.234. The van der Waals surface area contributed by atoms with Crippen molar-refractivity contribution in [1.29, 1.82) is 0 Å². The van der Waals surface area contributed by atoms with Gasteiger partial charge in [0.1, 0.15) is 0 Å². The Hall–Kier alpha value is -0.640. The second-order valence-corrected chi connectivity index (χ2v) is 1.74. The van der Waals surface area contributed by atoms with Gasteiger partial charge in [-0.1, -0.05) is 0 Å². The Balaban J connectivity index is 3.63. The minimum atomic E-state index is -2.08. The van der Waals surface area contributed by atoms with Gasteiger partial charge in [-0.05, 0) is 11.6 Å². The van der Waals surface area contributed by atoms with Crippen LogP contribution in [0.4, 0.5) is 4.39 Å². The van der Waals surface area contributed by atoms with Crippen molar-refractivity contribution >= 4 is 22.8 Å². The first kappa shape index (κ1) is 8.36. The molecule has 0 heterocycles. The molecule has 9 heavy (non-hydrogen) atoms. The molecule has 0 spiro atoms. The van der Waals surface area contributed by atoms with Crippen molar-refractivity contribution in [3.8, 4) is 0 Å². The summed E-state index contributed by atoms with van der Waals surface area (Å²) in [5.41, 5.74) is 0. The van der Waals surface area contributed by atoms with Crippen LogP contribution in [0.2, 0.25) is 0 Å². The van der Waals surface area contributed by atoms with Crippen LogP contribution >= 0.6 is 11.6 Å².